The first-order valence-corrected chi connectivity index (χ1v) is 7.34. The zero-order valence-electron chi connectivity index (χ0n) is 12.2. The maximum absolute atomic E-state index is 10.3. The molecule has 2 aromatic rings. The average Bonchev–Trinajstić information content (AvgIpc) is 2.73. The molecule has 0 amide bonds. The van der Waals surface area contributed by atoms with Gasteiger partial charge in [0.2, 0.25) is 5.88 Å². The summed E-state index contributed by atoms with van der Waals surface area (Å²) < 4.78 is 5.31. The topological polar surface area (TPSA) is 78.7 Å². The number of aromatic nitrogens is 2. The Kier molecular flexibility index (Phi) is 4.50. The quantitative estimate of drug-likeness (QED) is 0.886. The maximum atomic E-state index is 10.3. The second-order valence-corrected chi connectivity index (χ2v) is 5.21. The number of hydrogen-bond donors (Lipinski definition) is 2. The van der Waals surface area contributed by atoms with E-state index in [2.05, 4.69) is 14.9 Å². The molecule has 0 spiro atoms. The minimum atomic E-state index is -0.456. The molecule has 1 atom stereocenters. The van der Waals surface area contributed by atoms with E-state index in [1.54, 1.807) is 6.20 Å². The van der Waals surface area contributed by atoms with E-state index >= 15 is 0 Å². The van der Waals surface area contributed by atoms with Crippen LogP contribution in [0.15, 0.2) is 36.7 Å². The molecule has 1 aliphatic rings. The zero-order chi connectivity index (χ0) is 15.4. The van der Waals surface area contributed by atoms with Gasteiger partial charge in [0.15, 0.2) is 5.82 Å². The van der Waals surface area contributed by atoms with Crippen molar-refractivity contribution in [1.82, 2.24) is 9.97 Å². The Labute approximate surface area is 129 Å². The van der Waals surface area contributed by atoms with Crippen molar-refractivity contribution in [3.05, 3.63) is 47.8 Å². The number of anilines is 1. The monoisotopic (exact) mass is 301 g/mol. The Morgan fingerprint density at radius 3 is 3.00 bits per heavy atom. The minimum Gasteiger partial charge on any atom is -0.474 e. The van der Waals surface area contributed by atoms with E-state index in [-0.39, 0.29) is 13.2 Å². The number of nitrogens with zero attached hydrogens (tertiary/aromatic N) is 3. The standard InChI is InChI=1S/C16H19N3O3/c20-7-8-22-16-10-17-9-15(18-16)19-6-5-14(21)13-4-2-1-3-12(13)11-19/h1-4,9-10,14,20-21H,5-8,11H2. The van der Waals surface area contributed by atoms with Crippen LogP contribution in [0, 0.1) is 0 Å². The van der Waals surface area contributed by atoms with Crippen LogP contribution in [-0.4, -0.2) is 39.9 Å². The lowest BCUT2D eigenvalue weighted by Gasteiger charge is -2.21. The molecule has 116 valence electrons. The fraction of sp³-hybridized carbons (Fsp3) is 0.375. The third kappa shape index (κ3) is 3.18. The van der Waals surface area contributed by atoms with Crippen molar-refractivity contribution >= 4 is 5.82 Å². The molecule has 0 bridgehead atoms. The van der Waals surface area contributed by atoms with Crippen LogP contribution in [0.25, 0.3) is 0 Å². The molecule has 0 fully saturated rings. The summed E-state index contributed by atoms with van der Waals surface area (Å²) in [6.07, 6.45) is 3.40. The number of fused-ring (bicyclic) bond motifs is 1. The van der Waals surface area contributed by atoms with Gasteiger partial charge in [-0.1, -0.05) is 24.3 Å². The van der Waals surface area contributed by atoms with Crippen molar-refractivity contribution < 1.29 is 14.9 Å². The lowest BCUT2D eigenvalue weighted by Crippen LogP contribution is -2.24. The zero-order valence-corrected chi connectivity index (χ0v) is 12.2. The van der Waals surface area contributed by atoms with Crippen molar-refractivity contribution in [2.24, 2.45) is 0 Å². The van der Waals surface area contributed by atoms with Crippen LogP contribution >= 0.6 is 0 Å². The summed E-state index contributed by atoms with van der Waals surface area (Å²) in [5.74, 6) is 1.10. The van der Waals surface area contributed by atoms with Crippen LogP contribution in [0.4, 0.5) is 5.82 Å². The summed E-state index contributed by atoms with van der Waals surface area (Å²) >= 11 is 0. The third-order valence-electron chi connectivity index (χ3n) is 3.71. The second-order valence-electron chi connectivity index (χ2n) is 5.21. The summed E-state index contributed by atoms with van der Waals surface area (Å²) in [6.45, 7) is 1.49. The lowest BCUT2D eigenvalue weighted by molar-refractivity contribution is 0.171. The van der Waals surface area contributed by atoms with Crippen molar-refractivity contribution in [2.75, 3.05) is 24.7 Å². The summed E-state index contributed by atoms with van der Waals surface area (Å²) in [7, 11) is 0. The van der Waals surface area contributed by atoms with Gasteiger partial charge >= 0.3 is 0 Å². The maximum Gasteiger partial charge on any atom is 0.234 e. The van der Waals surface area contributed by atoms with Crippen LogP contribution in [-0.2, 0) is 6.54 Å². The van der Waals surface area contributed by atoms with E-state index in [9.17, 15) is 5.11 Å². The van der Waals surface area contributed by atoms with Gasteiger partial charge in [0.05, 0.1) is 25.1 Å². The van der Waals surface area contributed by atoms with Crippen molar-refractivity contribution in [3.8, 4) is 5.88 Å². The van der Waals surface area contributed by atoms with E-state index in [4.69, 9.17) is 9.84 Å². The average molecular weight is 301 g/mol. The van der Waals surface area contributed by atoms with Gasteiger partial charge in [-0.2, -0.15) is 4.98 Å². The Balaban J connectivity index is 1.84. The second kappa shape index (κ2) is 6.72. The molecule has 6 nitrogen and oxygen atoms in total. The van der Waals surface area contributed by atoms with Crippen LogP contribution in [0.5, 0.6) is 5.88 Å². The van der Waals surface area contributed by atoms with Crippen LogP contribution in [0.3, 0.4) is 0 Å². The highest BCUT2D eigenvalue weighted by Gasteiger charge is 2.21. The van der Waals surface area contributed by atoms with Crippen LogP contribution in [0.2, 0.25) is 0 Å². The number of hydrogen-bond acceptors (Lipinski definition) is 6. The SMILES string of the molecule is OCCOc1cncc(N2CCC(O)c3ccccc3C2)n1. The molecule has 6 heteroatoms. The molecular weight excluding hydrogens is 282 g/mol. The minimum absolute atomic E-state index is 0.0603. The van der Waals surface area contributed by atoms with Gasteiger partial charge in [-0.3, -0.25) is 4.98 Å². The van der Waals surface area contributed by atoms with Crippen LogP contribution < -0.4 is 9.64 Å². The van der Waals surface area contributed by atoms with Crippen molar-refractivity contribution in [2.45, 2.75) is 19.1 Å². The predicted octanol–water partition coefficient (Wildman–Crippen LogP) is 1.29. The Morgan fingerprint density at radius 1 is 1.27 bits per heavy atom. The number of aliphatic hydroxyl groups is 2. The molecule has 1 aromatic heterocycles. The molecule has 2 N–H and O–H groups in total. The molecule has 1 aromatic carbocycles. The molecule has 0 aliphatic carbocycles. The third-order valence-corrected chi connectivity index (χ3v) is 3.71. The van der Waals surface area contributed by atoms with Gasteiger partial charge in [0, 0.05) is 13.1 Å². The van der Waals surface area contributed by atoms with Gasteiger partial charge in [-0.05, 0) is 17.5 Å². The predicted molar refractivity (Wildman–Crippen MR) is 81.7 cm³/mol. The van der Waals surface area contributed by atoms with Crippen molar-refractivity contribution in [3.63, 3.8) is 0 Å². The highest BCUT2D eigenvalue weighted by molar-refractivity contribution is 5.42. The largest absolute Gasteiger partial charge is 0.474 e. The molecular formula is C16H19N3O3. The molecule has 2 heterocycles. The van der Waals surface area contributed by atoms with E-state index in [0.29, 0.717) is 31.2 Å². The fourth-order valence-electron chi connectivity index (χ4n) is 2.63. The van der Waals surface area contributed by atoms with Gasteiger partial charge < -0.3 is 19.8 Å². The van der Waals surface area contributed by atoms with E-state index in [0.717, 1.165) is 11.1 Å². The number of ether oxygens (including phenoxy) is 1. The first-order chi connectivity index (χ1) is 10.8. The fourth-order valence-corrected chi connectivity index (χ4v) is 2.63. The highest BCUT2D eigenvalue weighted by atomic mass is 16.5. The van der Waals surface area contributed by atoms with Crippen LogP contribution in [0.1, 0.15) is 23.7 Å². The Morgan fingerprint density at radius 2 is 2.14 bits per heavy atom. The van der Waals surface area contributed by atoms with Gasteiger partial charge in [0.25, 0.3) is 0 Å². The summed E-state index contributed by atoms with van der Waals surface area (Å²) in [5.41, 5.74) is 2.07. The molecule has 3 rings (SSSR count). The first-order valence-electron chi connectivity index (χ1n) is 7.34. The smallest absolute Gasteiger partial charge is 0.234 e. The van der Waals surface area contributed by atoms with Crippen molar-refractivity contribution in [1.29, 1.82) is 0 Å². The number of aliphatic hydroxyl groups excluding tert-OH is 2. The molecule has 1 unspecified atom stereocenters. The molecule has 1 aliphatic heterocycles. The van der Waals surface area contributed by atoms with Gasteiger partial charge in [0.1, 0.15) is 6.61 Å². The summed E-state index contributed by atoms with van der Waals surface area (Å²) in [4.78, 5) is 10.6. The summed E-state index contributed by atoms with van der Waals surface area (Å²) in [5, 5.41) is 19.1. The van der Waals surface area contributed by atoms with Gasteiger partial charge in [-0.25, -0.2) is 0 Å². The Bertz CT molecular complexity index is 636. The van der Waals surface area contributed by atoms with Gasteiger partial charge in [-0.15, -0.1) is 0 Å². The van der Waals surface area contributed by atoms with E-state index < -0.39 is 6.10 Å². The normalized spacial score (nSPS) is 17.7. The Hall–Kier alpha value is -2.18. The number of rotatable bonds is 4. The van der Waals surface area contributed by atoms with E-state index in [1.165, 1.54) is 6.20 Å². The molecule has 0 saturated carbocycles. The number of benzene rings is 1. The summed E-state index contributed by atoms with van der Waals surface area (Å²) in [6, 6.07) is 7.91. The molecule has 22 heavy (non-hydrogen) atoms. The van der Waals surface area contributed by atoms with E-state index in [1.807, 2.05) is 24.3 Å². The molecule has 0 radical (unpaired) electrons. The first kappa shape index (κ1) is 14.7. The lowest BCUT2D eigenvalue weighted by atomic mass is 10.0. The highest BCUT2D eigenvalue weighted by Crippen LogP contribution is 2.28. The molecule has 0 saturated heterocycles.